The van der Waals surface area contributed by atoms with Gasteiger partial charge >= 0.3 is 5.97 Å². The van der Waals surface area contributed by atoms with Gasteiger partial charge in [-0.05, 0) is 104 Å². The van der Waals surface area contributed by atoms with Crippen LogP contribution in [0.2, 0.25) is 0 Å². The molecule has 1 aliphatic heterocycles. The van der Waals surface area contributed by atoms with E-state index in [9.17, 15) is 29.4 Å². The number of aliphatic hydroxyl groups is 2. The Morgan fingerprint density at radius 2 is 1.96 bits per heavy atom. The summed E-state index contributed by atoms with van der Waals surface area (Å²) in [5.74, 6) is -0.704. The van der Waals surface area contributed by atoms with Gasteiger partial charge in [0.15, 0.2) is 5.60 Å². The van der Waals surface area contributed by atoms with Gasteiger partial charge in [-0.25, -0.2) is 4.68 Å². The summed E-state index contributed by atoms with van der Waals surface area (Å²) in [6.07, 6.45) is 8.76. The van der Waals surface area contributed by atoms with Gasteiger partial charge in [-0.1, -0.05) is 44.2 Å². The SMILES string of the molecule is CCC(=O)O[C@]1(C(=O)SCCO)CC[C@H]2[C@@H]3CCC4=Cc5c(cnn5-c5cccc(C(=O)N6CCC[C@@H]6C(N)=O)c5)C[C@]4(C)[C@H]3[C@@H](O)C[C@@]21C. The topological polar surface area (TPSA) is 165 Å². The van der Waals surface area contributed by atoms with E-state index in [1.54, 1.807) is 17.9 Å². The molecular weight excluding hydrogens is 657 g/mol. The summed E-state index contributed by atoms with van der Waals surface area (Å²) in [6, 6.07) is 6.74. The van der Waals surface area contributed by atoms with E-state index in [0.717, 1.165) is 54.4 Å². The van der Waals surface area contributed by atoms with Crippen LogP contribution >= 0.6 is 11.8 Å². The summed E-state index contributed by atoms with van der Waals surface area (Å²) >= 11 is 1.02. The van der Waals surface area contributed by atoms with E-state index in [2.05, 4.69) is 13.0 Å². The highest BCUT2D eigenvalue weighted by molar-refractivity contribution is 8.13. The first-order valence-corrected chi connectivity index (χ1v) is 19.0. The molecule has 4 fully saturated rings. The number of nitrogens with two attached hydrogens (primary N) is 1. The molecule has 11 nitrogen and oxygen atoms in total. The predicted molar refractivity (Wildman–Crippen MR) is 188 cm³/mol. The first-order valence-electron chi connectivity index (χ1n) is 18.0. The molecule has 1 aromatic heterocycles. The van der Waals surface area contributed by atoms with Crippen LogP contribution in [-0.2, 0) is 25.5 Å². The predicted octanol–water partition coefficient (Wildman–Crippen LogP) is 4.06. The Bertz CT molecular complexity index is 1760. The zero-order valence-corrected chi connectivity index (χ0v) is 29.9. The van der Waals surface area contributed by atoms with Crippen molar-refractivity contribution in [3.8, 4) is 5.69 Å². The number of ether oxygens (including phenoxy) is 1. The number of allylic oxidation sites excluding steroid dienone is 1. The van der Waals surface area contributed by atoms with Gasteiger partial charge in [-0.15, -0.1) is 0 Å². The number of esters is 1. The molecule has 50 heavy (non-hydrogen) atoms. The van der Waals surface area contributed by atoms with E-state index in [4.69, 9.17) is 15.6 Å². The van der Waals surface area contributed by atoms with Crippen molar-refractivity contribution in [3.63, 3.8) is 0 Å². The average molecular weight is 705 g/mol. The maximum Gasteiger partial charge on any atom is 0.306 e. The van der Waals surface area contributed by atoms with Gasteiger partial charge in [0.05, 0.1) is 30.3 Å². The number of carbonyl (C=O) groups excluding carboxylic acids is 4. The fourth-order valence-electron chi connectivity index (χ4n) is 10.7. The molecule has 3 saturated carbocycles. The second kappa shape index (κ2) is 12.9. The molecule has 1 aromatic carbocycles. The molecule has 7 rings (SSSR count). The highest BCUT2D eigenvalue weighted by atomic mass is 32.2. The third-order valence-electron chi connectivity index (χ3n) is 13.0. The van der Waals surface area contributed by atoms with Gasteiger partial charge in [-0.3, -0.25) is 19.2 Å². The molecule has 4 aliphatic carbocycles. The van der Waals surface area contributed by atoms with Crippen LogP contribution in [0.1, 0.15) is 93.8 Å². The molecule has 2 aromatic rings. The molecule has 2 heterocycles. The summed E-state index contributed by atoms with van der Waals surface area (Å²) < 4.78 is 8.00. The molecule has 2 amide bonds. The van der Waals surface area contributed by atoms with E-state index in [1.165, 1.54) is 5.57 Å². The summed E-state index contributed by atoms with van der Waals surface area (Å²) in [4.78, 5) is 53.6. The monoisotopic (exact) mass is 704 g/mol. The molecule has 5 aliphatic rings. The van der Waals surface area contributed by atoms with Crippen LogP contribution in [0.15, 0.2) is 36.0 Å². The lowest BCUT2D eigenvalue weighted by Crippen LogP contribution is -2.62. The number of aliphatic hydroxyl groups excluding tert-OH is 2. The van der Waals surface area contributed by atoms with Crippen molar-refractivity contribution in [2.24, 2.45) is 34.3 Å². The van der Waals surface area contributed by atoms with E-state index >= 15 is 0 Å². The number of carbonyl (C=O) groups is 4. The number of hydrogen-bond donors (Lipinski definition) is 3. The standard InChI is InChI=1S/C38H48N4O7S/c1-4-31(45)49-38(35(48)50-16-15-43)13-12-27-26-11-10-24-18-29-23(19-36(24,2)32(26)30(44)20-37(27,38)3)21-40-42(29)25-8-5-7-22(17-25)34(47)41-14-6-9-28(41)33(39)46/h5,7-8,17-18,21,26-28,30,32,43-44H,4,6,9-16,19-20H2,1-3H3,(H2,39,46)/t26-,27-,28+,30-,32+,36-,37-,38-/m0/s1. The zero-order valence-electron chi connectivity index (χ0n) is 29.1. The number of hydrogen-bond acceptors (Lipinski definition) is 9. The minimum absolute atomic E-state index is 0.0467. The van der Waals surface area contributed by atoms with Crippen molar-refractivity contribution in [2.45, 2.75) is 96.3 Å². The van der Waals surface area contributed by atoms with Crippen molar-refractivity contribution in [3.05, 3.63) is 52.9 Å². The molecule has 268 valence electrons. The van der Waals surface area contributed by atoms with Crippen molar-refractivity contribution >= 4 is 40.7 Å². The first kappa shape index (κ1) is 34.9. The molecule has 12 heteroatoms. The summed E-state index contributed by atoms with van der Waals surface area (Å²) in [5, 5.41) is 26.2. The number of nitrogens with zero attached hydrogens (tertiary/aromatic N) is 3. The normalized spacial score (nSPS) is 34.2. The number of benzene rings is 1. The number of primary amides is 1. The maximum absolute atomic E-state index is 13.9. The van der Waals surface area contributed by atoms with Crippen LogP contribution in [0.5, 0.6) is 0 Å². The highest BCUT2D eigenvalue weighted by Gasteiger charge is 2.70. The molecule has 4 N–H and O–H groups in total. The van der Waals surface area contributed by atoms with Gasteiger partial charge < -0.3 is 25.6 Å². The van der Waals surface area contributed by atoms with Gasteiger partial charge in [0.1, 0.15) is 6.04 Å². The van der Waals surface area contributed by atoms with E-state index in [0.29, 0.717) is 37.8 Å². The summed E-state index contributed by atoms with van der Waals surface area (Å²) in [7, 11) is 0. The smallest absolute Gasteiger partial charge is 0.306 e. The molecule has 1 saturated heterocycles. The fraction of sp³-hybridized carbons (Fsp3) is 0.605. The van der Waals surface area contributed by atoms with Crippen LogP contribution in [0.25, 0.3) is 11.8 Å². The van der Waals surface area contributed by atoms with Crippen molar-refractivity contribution in [2.75, 3.05) is 18.9 Å². The molecule has 0 unspecified atom stereocenters. The van der Waals surface area contributed by atoms with Crippen LogP contribution < -0.4 is 5.73 Å². The average Bonchev–Trinajstić information content (AvgIpc) is 3.82. The minimum Gasteiger partial charge on any atom is -0.449 e. The molecule has 0 bridgehead atoms. The summed E-state index contributed by atoms with van der Waals surface area (Å²) in [6.45, 7) is 6.37. The van der Waals surface area contributed by atoms with Gasteiger partial charge in [-0.2, -0.15) is 5.10 Å². The quantitative estimate of drug-likeness (QED) is 0.344. The van der Waals surface area contributed by atoms with Gasteiger partial charge in [0, 0.05) is 29.7 Å². The summed E-state index contributed by atoms with van der Waals surface area (Å²) in [5.41, 5.74) is 7.72. The number of amides is 2. The van der Waals surface area contributed by atoms with Crippen LogP contribution in [0, 0.1) is 28.6 Å². The zero-order chi connectivity index (χ0) is 35.6. The third-order valence-corrected chi connectivity index (χ3v) is 13.9. The Morgan fingerprint density at radius 1 is 1.16 bits per heavy atom. The maximum atomic E-state index is 13.9. The Labute approximate surface area is 297 Å². The van der Waals surface area contributed by atoms with Gasteiger partial charge in [0.2, 0.25) is 11.0 Å². The van der Waals surface area contributed by atoms with E-state index < -0.39 is 35.0 Å². The van der Waals surface area contributed by atoms with Crippen molar-refractivity contribution < 1.29 is 34.1 Å². The minimum atomic E-state index is -1.33. The lowest BCUT2D eigenvalue weighted by atomic mass is 9.45. The molecule has 8 atom stereocenters. The number of likely N-dealkylation sites (tertiary alicyclic amines) is 1. The lowest BCUT2D eigenvalue weighted by Gasteiger charge is -2.60. The largest absolute Gasteiger partial charge is 0.449 e. The lowest BCUT2D eigenvalue weighted by molar-refractivity contribution is -0.196. The van der Waals surface area contributed by atoms with Crippen molar-refractivity contribution in [1.29, 1.82) is 0 Å². The van der Waals surface area contributed by atoms with Crippen molar-refractivity contribution in [1.82, 2.24) is 14.7 Å². The van der Waals surface area contributed by atoms with Crippen LogP contribution in [-0.4, -0.2) is 84.4 Å². The first-order chi connectivity index (χ1) is 23.9. The van der Waals surface area contributed by atoms with E-state index in [1.807, 2.05) is 36.0 Å². The Balaban J connectivity index is 1.18. The second-order valence-corrected chi connectivity index (χ2v) is 16.5. The van der Waals surface area contributed by atoms with E-state index in [-0.39, 0.29) is 53.0 Å². The number of rotatable bonds is 8. The number of thioether (sulfide) groups is 1. The van der Waals surface area contributed by atoms with Crippen LogP contribution in [0.3, 0.4) is 0 Å². The van der Waals surface area contributed by atoms with Gasteiger partial charge in [0.25, 0.3) is 5.91 Å². The molecule has 0 spiro atoms. The molecular formula is C38H48N4O7S. The Kier molecular flexibility index (Phi) is 9.04. The molecule has 0 radical (unpaired) electrons. The third kappa shape index (κ3) is 5.27. The highest BCUT2D eigenvalue weighted by Crippen LogP contribution is 2.69. The second-order valence-electron chi connectivity index (χ2n) is 15.4. The Hall–Kier alpha value is -3.48. The number of aromatic nitrogens is 2. The van der Waals surface area contributed by atoms with Crippen LogP contribution in [0.4, 0.5) is 0 Å². The Morgan fingerprint density at radius 3 is 2.70 bits per heavy atom. The number of fused-ring (bicyclic) bond motifs is 6. The fourth-order valence-corrected chi connectivity index (χ4v) is 11.6.